The van der Waals surface area contributed by atoms with Crippen molar-refractivity contribution in [3.05, 3.63) is 35.4 Å². The van der Waals surface area contributed by atoms with Crippen LogP contribution in [0.2, 0.25) is 0 Å². The molecule has 1 heterocycles. The summed E-state index contributed by atoms with van der Waals surface area (Å²) in [5.74, 6) is 1.53. The number of hydrogen-bond donors (Lipinski definition) is 1. The van der Waals surface area contributed by atoms with Gasteiger partial charge in [0.1, 0.15) is 0 Å². The van der Waals surface area contributed by atoms with E-state index in [0.717, 1.165) is 24.4 Å². The zero-order valence-electron chi connectivity index (χ0n) is 13.1. The maximum Gasteiger partial charge on any atom is 0.251 e. The third-order valence-electron chi connectivity index (χ3n) is 5.23. The van der Waals surface area contributed by atoms with Crippen LogP contribution in [-0.4, -0.2) is 37.0 Å². The third kappa shape index (κ3) is 3.29. The summed E-state index contributed by atoms with van der Waals surface area (Å²) in [6.07, 6.45) is 4.93. The lowest BCUT2D eigenvalue weighted by Gasteiger charge is -2.44. The molecule has 1 saturated heterocycles. The van der Waals surface area contributed by atoms with E-state index in [0.29, 0.717) is 12.0 Å². The number of carbonyl (C=O) groups excluding carboxylic acids is 1. The summed E-state index contributed by atoms with van der Waals surface area (Å²) in [5.41, 5.74) is 1.98. The van der Waals surface area contributed by atoms with E-state index in [1.165, 1.54) is 31.4 Å². The first kappa shape index (κ1) is 14.6. The first-order chi connectivity index (χ1) is 10.1. The summed E-state index contributed by atoms with van der Waals surface area (Å²) in [6, 6.07) is 8.24. The van der Waals surface area contributed by atoms with E-state index in [9.17, 15) is 4.79 Å². The van der Waals surface area contributed by atoms with Crippen molar-refractivity contribution in [3.8, 4) is 0 Å². The zero-order valence-corrected chi connectivity index (χ0v) is 13.1. The predicted octanol–water partition coefficient (Wildman–Crippen LogP) is 2.85. The van der Waals surface area contributed by atoms with Crippen LogP contribution >= 0.6 is 0 Å². The van der Waals surface area contributed by atoms with Gasteiger partial charge in [-0.05, 0) is 63.7 Å². The Labute approximate surface area is 127 Å². The minimum Gasteiger partial charge on any atom is -0.349 e. The van der Waals surface area contributed by atoms with Gasteiger partial charge < -0.3 is 10.2 Å². The SMILES string of the molecule is Cc1ccc(C(=O)N[C@@H]2CCC[C@@H]3CN(C)CC[C@H]32)cc1. The molecule has 1 aromatic carbocycles. The molecule has 2 aliphatic rings. The van der Waals surface area contributed by atoms with E-state index in [-0.39, 0.29) is 5.91 Å². The van der Waals surface area contributed by atoms with Crippen LogP contribution in [-0.2, 0) is 0 Å². The second kappa shape index (κ2) is 6.18. The molecule has 1 N–H and O–H groups in total. The van der Waals surface area contributed by atoms with Crippen molar-refractivity contribution in [1.82, 2.24) is 10.2 Å². The number of nitrogens with one attached hydrogen (secondary N) is 1. The van der Waals surface area contributed by atoms with E-state index < -0.39 is 0 Å². The second-order valence-corrected chi connectivity index (χ2v) is 6.85. The number of amides is 1. The fourth-order valence-corrected chi connectivity index (χ4v) is 4.02. The van der Waals surface area contributed by atoms with Crippen molar-refractivity contribution in [2.45, 2.75) is 38.6 Å². The first-order valence-corrected chi connectivity index (χ1v) is 8.19. The Morgan fingerprint density at radius 3 is 2.71 bits per heavy atom. The highest BCUT2D eigenvalue weighted by atomic mass is 16.1. The summed E-state index contributed by atoms with van der Waals surface area (Å²) in [6.45, 7) is 4.41. The molecule has 2 fully saturated rings. The largest absolute Gasteiger partial charge is 0.349 e. The number of piperidine rings is 1. The number of fused-ring (bicyclic) bond motifs is 1. The van der Waals surface area contributed by atoms with Crippen molar-refractivity contribution in [1.29, 1.82) is 0 Å². The fraction of sp³-hybridized carbons (Fsp3) is 0.611. The number of likely N-dealkylation sites (tertiary alicyclic amines) is 1. The molecule has 0 unspecified atom stereocenters. The van der Waals surface area contributed by atoms with E-state index in [4.69, 9.17) is 0 Å². The van der Waals surface area contributed by atoms with Crippen LogP contribution in [0.4, 0.5) is 0 Å². The Morgan fingerprint density at radius 2 is 1.95 bits per heavy atom. The summed E-state index contributed by atoms with van der Waals surface area (Å²) in [7, 11) is 2.21. The van der Waals surface area contributed by atoms with Gasteiger partial charge >= 0.3 is 0 Å². The molecular formula is C18H26N2O. The van der Waals surface area contributed by atoms with Crippen LogP contribution in [0, 0.1) is 18.8 Å². The Balaban J connectivity index is 1.66. The molecule has 0 spiro atoms. The number of rotatable bonds is 2. The molecule has 3 atom stereocenters. The number of benzene rings is 1. The molecule has 3 rings (SSSR count). The van der Waals surface area contributed by atoms with Gasteiger partial charge in [-0.25, -0.2) is 0 Å². The molecule has 3 nitrogen and oxygen atoms in total. The lowest BCUT2D eigenvalue weighted by Crippen LogP contribution is -2.51. The van der Waals surface area contributed by atoms with E-state index in [1.807, 2.05) is 31.2 Å². The third-order valence-corrected chi connectivity index (χ3v) is 5.23. The summed E-state index contributed by atoms with van der Waals surface area (Å²) < 4.78 is 0. The minimum atomic E-state index is 0.0968. The average Bonchev–Trinajstić information content (AvgIpc) is 2.47. The number of carbonyl (C=O) groups is 1. The van der Waals surface area contributed by atoms with Gasteiger partial charge in [0.25, 0.3) is 5.91 Å². The molecule has 1 saturated carbocycles. The molecule has 0 aromatic heterocycles. The Kier molecular flexibility index (Phi) is 4.29. The second-order valence-electron chi connectivity index (χ2n) is 6.85. The van der Waals surface area contributed by atoms with Crippen LogP contribution in [0.5, 0.6) is 0 Å². The maximum atomic E-state index is 12.4. The van der Waals surface area contributed by atoms with Crippen molar-refractivity contribution in [3.63, 3.8) is 0 Å². The number of hydrogen-bond acceptors (Lipinski definition) is 2. The lowest BCUT2D eigenvalue weighted by molar-refractivity contribution is 0.0661. The summed E-state index contributed by atoms with van der Waals surface area (Å²) in [5, 5.41) is 3.31. The van der Waals surface area contributed by atoms with Gasteiger partial charge in [-0.15, -0.1) is 0 Å². The van der Waals surface area contributed by atoms with Gasteiger partial charge in [-0.1, -0.05) is 24.1 Å². The number of nitrogens with zero attached hydrogens (tertiary/aromatic N) is 1. The molecule has 3 heteroatoms. The zero-order chi connectivity index (χ0) is 14.8. The topological polar surface area (TPSA) is 32.3 Å². The van der Waals surface area contributed by atoms with Gasteiger partial charge in [-0.3, -0.25) is 4.79 Å². The fourth-order valence-electron chi connectivity index (χ4n) is 4.02. The van der Waals surface area contributed by atoms with Crippen molar-refractivity contribution < 1.29 is 4.79 Å². The molecule has 114 valence electrons. The Bertz CT molecular complexity index is 496. The quantitative estimate of drug-likeness (QED) is 0.906. The summed E-state index contributed by atoms with van der Waals surface area (Å²) in [4.78, 5) is 14.9. The molecule has 1 aliphatic heterocycles. The molecule has 21 heavy (non-hydrogen) atoms. The van der Waals surface area contributed by atoms with Crippen LogP contribution in [0.15, 0.2) is 24.3 Å². The Hall–Kier alpha value is -1.35. The predicted molar refractivity (Wildman–Crippen MR) is 85.4 cm³/mol. The van der Waals surface area contributed by atoms with Gasteiger partial charge in [0, 0.05) is 18.2 Å². The molecule has 0 bridgehead atoms. The smallest absolute Gasteiger partial charge is 0.251 e. The highest BCUT2D eigenvalue weighted by Crippen LogP contribution is 2.36. The maximum absolute atomic E-state index is 12.4. The molecule has 1 aromatic rings. The van der Waals surface area contributed by atoms with Crippen LogP contribution < -0.4 is 5.32 Å². The molecule has 0 radical (unpaired) electrons. The molecular weight excluding hydrogens is 260 g/mol. The van der Waals surface area contributed by atoms with Crippen molar-refractivity contribution in [2.75, 3.05) is 20.1 Å². The van der Waals surface area contributed by atoms with E-state index in [1.54, 1.807) is 0 Å². The molecule has 1 aliphatic carbocycles. The van der Waals surface area contributed by atoms with Gasteiger partial charge in [0.05, 0.1) is 0 Å². The van der Waals surface area contributed by atoms with Gasteiger partial charge in [0.15, 0.2) is 0 Å². The van der Waals surface area contributed by atoms with Crippen molar-refractivity contribution >= 4 is 5.91 Å². The lowest BCUT2D eigenvalue weighted by atomic mass is 9.72. The van der Waals surface area contributed by atoms with Crippen LogP contribution in [0.3, 0.4) is 0 Å². The first-order valence-electron chi connectivity index (χ1n) is 8.19. The average molecular weight is 286 g/mol. The van der Waals surface area contributed by atoms with Crippen LogP contribution in [0.1, 0.15) is 41.6 Å². The Morgan fingerprint density at radius 1 is 1.19 bits per heavy atom. The van der Waals surface area contributed by atoms with Crippen molar-refractivity contribution in [2.24, 2.45) is 11.8 Å². The van der Waals surface area contributed by atoms with E-state index in [2.05, 4.69) is 17.3 Å². The summed E-state index contributed by atoms with van der Waals surface area (Å²) >= 11 is 0. The molecule has 1 amide bonds. The monoisotopic (exact) mass is 286 g/mol. The number of aryl methyl sites for hydroxylation is 1. The highest BCUT2D eigenvalue weighted by Gasteiger charge is 2.37. The highest BCUT2D eigenvalue weighted by molar-refractivity contribution is 5.94. The van der Waals surface area contributed by atoms with Gasteiger partial charge in [0.2, 0.25) is 0 Å². The minimum absolute atomic E-state index is 0.0968. The standard InChI is InChI=1S/C18H26N2O/c1-13-6-8-14(9-7-13)18(21)19-17-5-3-4-15-12-20(2)11-10-16(15)17/h6-9,15-17H,3-5,10-12H2,1-2H3,(H,19,21)/t15-,16-,17-/m1/s1. The van der Waals surface area contributed by atoms with E-state index >= 15 is 0 Å². The normalized spacial score (nSPS) is 29.7. The van der Waals surface area contributed by atoms with Crippen LogP contribution in [0.25, 0.3) is 0 Å². The van der Waals surface area contributed by atoms with Gasteiger partial charge in [-0.2, -0.15) is 0 Å².